The molecule has 2 heterocycles. The molecular weight excluding hydrogens is 300 g/mol. The van der Waals surface area contributed by atoms with Gasteiger partial charge in [0, 0.05) is 19.6 Å². The van der Waals surface area contributed by atoms with Gasteiger partial charge < -0.3 is 9.80 Å². The minimum Gasteiger partial charge on any atom is -0.337 e. The van der Waals surface area contributed by atoms with E-state index in [-0.39, 0.29) is 5.91 Å². The van der Waals surface area contributed by atoms with Crippen LogP contribution in [-0.2, 0) is 0 Å². The summed E-state index contributed by atoms with van der Waals surface area (Å²) in [5, 5.41) is 4.48. The first-order chi connectivity index (χ1) is 11.6. The molecule has 0 N–H and O–H groups in total. The highest BCUT2D eigenvalue weighted by molar-refractivity contribution is 5.95. The Labute approximate surface area is 143 Å². The minimum absolute atomic E-state index is 0.102. The van der Waals surface area contributed by atoms with Crippen molar-refractivity contribution in [2.75, 3.05) is 32.7 Å². The first kappa shape index (κ1) is 16.7. The highest BCUT2D eigenvalue weighted by Gasteiger charge is 2.23. The van der Waals surface area contributed by atoms with Crippen molar-refractivity contribution < 1.29 is 4.79 Å². The monoisotopic (exact) mass is 326 g/mol. The zero-order valence-electron chi connectivity index (χ0n) is 14.8. The first-order valence-corrected chi connectivity index (χ1v) is 8.74. The first-order valence-electron chi connectivity index (χ1n) is 8.74. The van der Waals surface area contributed by atoms with Crippen LogP contribution in [0.5, 0.6) is 0 Å². The second-order valence-corrected chi connectivity index (χ2v) is 6.42. The van der Waals surface area contributed by atoms with Gasteiger partial charge in [0.05, 0.1) is 23.1 Å². The average molecular weight is 326 g/mol. The van der Waals surface area contributed by atoms with Crippen molar-refractivity contribution in [3.63, 3.8) is 0 Å². The number of likely N-dealkylation sites (N-methyl/N-ethyl adjacent to an activating group) is 1. The van der Waals surface area contributed by atoms with E-state index in [1.165, 1.54) is 0 Å². The molecule has 1 aliphatic heterocycles. The summed E-state index contributed by atoms with van der Waals surface area (Å²) in [6, 6.07) is 8.11. The Hall–Kier alpha value is -2.14. The van der Waals surface area contributed by atoms with E-state index in [9.17, 15) is 4.79 Å². The van der Waals surface area contributed by atoms with Crippen LogP contribution in [0.1, 0.15) is 35.0 Å². The molecule has 0 saturated carbocycles. The molecule has 1 amide bonds. The summed E-state index contributed by atoms with van der Waals surface area (Å²) in [6.45, 7) is 10.9. The van der Waals surface area contributed by atoms with Crippen molar-refractivity contribution in [2.45, 2.75) is 27.2 Å². The van der Waals surface area contributed by atoms with Crippen LogP contribution in [0.15, 0.2) is 30.5 Å². The molecule has 3 rings (SSSR count). The summed E-state index contributed by atoms with van der Waals surface area (Å²) in [7, 11) is 0. The lowest BCUT2D eigenvalue weighted by Crippen LogP contribution is -2.35. The van der Waals surface area contributed by atoms with Crippen molar-refractivity contribution in [3.05, 3.63) is 47.3 Å². The molecule has 0 aliphatic carbocycles. The Balaban J connectivity index is 1.83. The van der Waals surface area contributed by atoms with Crippen LogP contribution in [0, 0.1) is 13.8 Å². The lowest BCUT2D eigenvalue weighted by Gasteiger charge is -2.21. The lowest BCUT2D eigenvalue weighted by atomic mass is 10.2. The number of hydrogen-bond donors (Lipinski definition) is 0. The van der Waals surface area contributed by atoms with Gasteiger partial charge in [-0.05, 0) is 45.0 Å². The minimum atomic E-state index is 0.102. The molecule has 24 heavy (non-hydrogen) atoms. The summed E-state index contributed by atoms with van der Waals surface area (Å²) >= 11 is 0. The third-order valence-corrected chi connectivity index (χ3v) is 4.91. The van der Waals surface area contributed by atoms with E-state index in [0.717, 1.165) is 56.1 Å². The molecule has 0 radical (unpaired) electrons. The highest BCUT2D eigenvalue weighted by atomic mass is 16.2. The molecule has 0 atom stereocenters. The van der Waals surface area contributed by atoms with Gasteiger partial charge in [-0.1, -0.05) is 25.1 Å². The maximum atomic E-state index is 13.0. The van der Waals surface area contributed by atoms with Crippen LogP contribution >= 0.6 is 0 Å². The van der Waals surface area contributed by atoms with E-state index in [4.69, 9.17) is 0 Å². The van der Waals surface area contributed by atoms with Crippen LogP contribution in [0.25, 0.3) is 5.69 Å². The van der Waals surface area contributed by atoms with E-state index >= 15 is 0 Å². The van der Waals surface area contributed by atoms with Gasteiger partial charge in [-0.2, -0.15) is 5.10 Å². The molecular formula is C19H26N4O. The van der Waals surface area contributed by atoms with Gasteiger partial charge in [0.2, 0.25) is 0 Å². The molecule has 5 heteroatoms. The third kappa shape index (κ3) is 3.22. The van der Waals surface area contributed by atoms with E-state index in [1.54, 1.807) is 6.20 Å². The van der Waals surface area contributed by atoms with Gasteiger partial charge >= 0.3 is 0 Å². The zero-order valence-corrected chi connectivity index (χ0v) is 14.8. The summed E-state index contributed by atoms with van der Waals surface area (Å²) < 4.78 is 1.87. The highest BCUT2D eigenvalue weighted by Crippen LogP contribution is 2.19. The number of hydrogen-bond acceptors (Lipinski definition) is 3. The summed E-state index contributed by atoms with van der Waals surface area (Å²) in [5.41, 5.74) is 3.80. The molecule has 1 fully saturated rings. The number of para-hydroxylation sites is 1. The molecule has 128 valence electrons. The standard InChI is InChI=1S/C19H26N4O/c1-4-21-10-7-11-22(13-12-21)19(24)17-14-20-23(16(17)3)18-9-6-5-8-15(18)2/h5-6,8-9,14H,4,7,10-13H2,1-3H3. The predicted molar refractivity (Wildman–Crippen MR) is 95.7 cm³/mol. The van der Waals surface area contributed by atoms with Gasteiger partial charge in [0.15, 0.2) is 0 Å². The molecule has 5 nitrogen and oxygen atoms in total. The topological polar surface area (TPSA) is 41.4 Å². The molecule has 1 aromatic heterocycles. The Morgan fingerprint density at radius 3 is 2.67 bits per heavy atom. The lowest BCUT2D eigenvalue weighted by molar-refractivity contribution is 0.0761. The fourth-order valence-electron chi connectivity index (χ4n) is 3.32. The molecule has 2 aromatic rings. The van der Waals surface area contributed by atoms with Crippen LogP contribution in [0.3, 0.4) is 0 Å². The van der Waals surface area contributed by atoms with E-state index < -0.39 is 0 Å². The molecule has 1 saturated heterocycles. The number of rotatable bonds is 3. The molecule has 0 spiro atoms. The number of carbonyl (C=O) groups is 1. The average Bonchev–Trinajstić information content (AvgIpc) is 2.82. The smallest absolute Gasteiger partial charge is 0.257 e. The Bertz CT molecular complexity index is 722. The second-order valence-electron chi connectivity index (χ2n) is 6.42. The second kappa shape index (κ2) is 7.18. The van der Waals surface area contributed by atoms with Crippen molar-refractivity contribution >= 4 is 5.91 Å². The maximum Gasteiger partial charge on any atom is 0.257 e. The van der Waals surface area contributed by atoms with Crippen LogP contribution in [-0.4, -0.2) is 58.2 Å². The zero-order chi connectivity index (χ0) is 17.1. The summed E-state index contributed by atoms with van der Waals surface area (Å²) in [5.74, 6) is 0.102. The third-order valence-electron chi connectivity index (χ3n) is 4.91. The molecule has 1 aromatic carbocycles. The Morgan fingerprint density at radius 1 is 1.12 bits per heavy atom. The fraction of sp³-hybridized carbons (Fsp3) is 0.474. The Kier molecular flexibility index (Phi) is 5.00. The van der Waals surface area contributed by atoms with E-state index in [0.29, 0.717) is 5.56 Å². The molecule has 0 bridgehead atoms. The van der Waals surface area contributed by atoms with Crippen molar-refractivity contribution in [1.29, 1.82) is 0 Å². The van der Waals surface area contributed by atoms with Crippen LogP contribution < -0.4 is 0 Å². The van der Waals surface area contributed by atoms with E-state index in [1.807, 2.05) is 34.7 Å². The van der Waals surface area contributed by atoms with Crippen LogP contribution in [0.4, 0.5) is 0 Å². The Morgan fingerprint density at radius 2 is 1.92 bits per heavy atom. The van der Waals surface area contributed by atoms with Crippen LogP contribution in [0.2, 0.25) is 0 Å². The normalized spacial score (nSPS) is 16.2. The van der Waals surface area contributed by atoms with Gasteiger partial charge in [-0.25, -0.2) is 4.68 Å². The van der Waals surface area contributed by atoms with Gasteiger partial charge in [-0.15, -0.1) is 0 Å². The predicted octanol–water partition coefficient (Wildman–Crippen LogP) is 2.66. The number of aryl methyl sites for hydroxylation is 1. The number of nitrogens with zero attached hydrogens (tertiary/aromatic N) is 4. The summed E-state index contributed by atoms with van der Waals surface area (Å²) in [4.78, 5) is 17.3. The van der Waals surface area contributed by atoms with Crippen molar-refractivity contribution in [3.8, 4) is 5.69 Å². The summed E-state index contributed by atoms with van der Waals surface area (Å²) in [6.07, 6.45) is 2.75. The van der Waals surface area contributed by atoms with Crippen molar-refractivity contribution in [1.82, 2.24) is 19.6 Å². The van der Waals surface area contributed by atoms with Gasteiger partial charge in [0.25, 0.3) is 5.91 Å². The number of benzene rings is 1. The SMILES string of the molecule is CCN1CCCN(C(=O)c2cnn(-c3ccccc3C)c2C)CC1. The molecule has 0 unspecified atom stereocenters. The largest absolute Gasteiger partial charge is 0.337 e. The fourth-order valence-corrected chi connectivity index (χ4v) is 3.32. The van der Waals surface area contributed by atoms with Crippen molar-refractivity contribution in [2.24, 2.45) is 0 Å². The van der Waals surface area contributed by atoms with Gasteiger partial charge in [-0.3, -0.25) is 4.79 Å². The number of amides is 1. The number of carbonyl (C=O) groups excluding carboxylic acids is 1. The quantitative estimate of drug-likeness (QED) is 0.871. The maximum absolute atomic E-state index is 13.0. The van der Waals surface area contributed by atoms with E-state index in [2.05, 4.69) is 29.9 Å². The number of aromatic nitrogens is 2. The molecule has 1 aliphatic rings. The van der Waals surface area contributed by atoms with Gasteiger partial charge in [0.1, 0.15) is 0 Å².